The summed E-state index contributed by atoms with van der Waals surface area (Å²) in [6, 6.07) is 28.3. The number of phenolic OH excluding ortho intramolecular Hbond substituents is 1. The van der Waals surface area contributed by atoms with Crippen molar-refractivity contribution in [1.82, 2.24) is 0 Å². The second-order valence-electron chi connectivity index (χ2n) is 8.35. The second-order valence-corrected chi connectivity index (χ2v) is 8.35. The monoisotopic (exact) mass is 407 g/mol. The first kappa shape index (κ1) is 19.1. The van der Waals surface area contributed by atoms with Crippen LogP contribution in [0.1, 0.15) is 22.3 Å². The van der Waals surface area contributed by atoms with E-state index in [-0.39, 0.29) is 5.75 Å². The normalized spacial score (nSPS) is 13.5. The molecular formula is C27H25N3O. The van der Waals surface area contributed by atoms with Gasteiger partial charge < -0.3 is 21.5 Å². The van der Waals surface area contributed by atoms with Crippen LogP contribution >= 0.6 is 0 Å². The Balaban J connectivity index is 1.96. The Hall–Kier alpha value is -3.92. The lowest BCUT2D eigenvalue weighted by Gasteiger charge is -2.34. The molecule has 0 spiro atoms. The van der Waals surface area contributed by atoms with Gasteiger partial charge in [0.25, 0.3) is 0 Å². The highest BCUT2D eigenvalue weighted by atomic mass is 16.3. The Morgan fingerprint density at radius 1 is 0.645 bits per heavy atom. The van der Waals surface area contributed by atoms with Crippen LogP contribution in [0.3, 0.4) is 0 Å². The van der Waals surface area contributed by atoms with Crippen molar-refractivity contribution in [2.24, 2.45) is 0 Å². The van der Waals surface area contributed by atoms with Crippen molar-refractivity contribution >= 4 is 17.1 Å². The largest absolute Gasteiger partial charge is 0.508 e. The molecule has 0 amide bonds. The molecule has 0 heterocycles. The summed E-state index contributed by atoms with van der Waals surface area (Å²) in [7, 11) is 4.09. The zero-order chi connectivity index (χ0) is 21.8. The Kier molecular flexibility index (Phi) is 4.19. The van der Waals surface area contributed by atoms with Crippen molar-refractivity contribution in [1.29, 1.82) is 0 Å². The lowest BCUT2D eigenvalue weighted by atomic mass is 9.67. The maximum atomic E-state index is 10.5. The van der Waals surface area contributed by atoms with E-state index in [4.69, 9.17) is 11.5 Å². The van der Waals surface area contributed by atoms with Crippen LogP contribution in [0.25, 0.3) is 11.1 Å². The van der Waals surface area contributed by atoms with E-state index in [0.717, 1.165) is 33.5 Å². The fourth-order valence-electron chi connectivity index (χ4n) is 4.83. The molecule has 0 aromatic heterocycles. The Morgan fingerprint density at radius 2 is 1.13 bits per heavy atom. The van der Waals surface area contributed by atoms with Gasteiger partial charge in [0.2, 0.25) is 0 Å². The second kappa shape index (κ2) is 6.81. The quantitative estimate of drug-likeness (QED) is 0.369. The standard InChI is InChI=1S/C27H25N3O/c1-30(2)21-11-13-23-24-14-12-22(31)16-26(24)27(25(23)15-21,17-3-7-19(28)8-4-17)18-5-9-20(29)10-6-18/h3-16,31H,28-29H2,1-2H3. The third-order valence-electron chi connectivity index (χ3n) is 6.31. The number of fused-ring (bicyclic) bond motifs is 3. The van der Waals surface area contributed by atoms with E-state index in [9.17, 15) is 5.11 Å². The maximum absolute atomic E-state index is 10.5. The zero-order valence-electron chi connectivity index (χ0n) is 17.6. The number of nitrogens with zero attached hydrogens (tertiary/aromatic N) is 1. The van der Waals surface area contributed by atoms with Crippen LogP contribution in [0, 0.1) is 0 Å². The molecule has 0 atom stereocenters. The van der Waals surface area contributed by atoms with Crippen molar-refractivity contribution in [3.05, 3.63) is 107 Å². The molecule has 4 nitrogen and oxygen atoms in total. The zero-order valence-corrected chi connectivity index (χ0v) is 17.6. The fraction of sp³-hybridized carbons (Fsp3) is 0.111. The molecule has 4 heteroatoms. The first-order chi connectivity index (χ1) is 14.9. The average molecular weight is 408 g/mol. The highest BCUT2D eigenvalue weighted by Gasteiger charge is 2.46. The van der Waals surface area contributed by atoms with Crippen LogP contribution in [-0.4, -0.2) is 19.2 Å². The van der Waals surface area contributed by atoms with Gasteiger partial charge >= 0.3 is 0 Å². The summed E-state index contributed by atoms with van der Waals surface area (Å²) in [6.07, 6.45) is 0. The summed E-state index contributed by atoms with van der Waals surface area (Å²) in [5.74, 6) is 0.245. The highest BCUT2D eigenvalue weighted by Crippen LogP contribution is 2.57. The molecule has 0 bridgehead atoms. The predicted octanol–water partition coefficient (Wildman–Crippen LogP) is 4.99. The molecule has 0 aliphatic heterocycles. The van der Waals surface area contributed by atoms with Gasteiger partial charge in [-0.05, 0) is 81.9 Å². The first-order valence-electron chi connectivity index (χ1n) is 10.3. The Labute approximate surface area is 182 Å². The van der Waals surface area contributed by atoms with Gasteiger partial charge in [0.1, 0.15) is 5.75 Å². The van der Waals surface area contributed by atoms with E-state index in [1.54, 1.807) is 6.07 Å². The van der Waals surface area contributed by atoms with Crippen molar-refractivity contribution in [2.75, 3.05) is 30.5 Å². The number of hydrogen-bond donors (Lipinski definition) is 3. The highest BCUT2D eigenvalue weighted by molar-refractivity contribution is 5.88. The molecule has 1 aliphatic rings. The molecule has 0 saturated carbocycles. The number of hydrogen-bond acceptors (Lipinski definition) is 4. The molecular weight excluding hydrogens is 382 g/mol. The number of aromatic hydroxyl groups is 1. The van der Waals surface area contributed by atoms with Gasteiger partial charge in [-0.2, -0.15) is 0 Å². The van der Waals surface area contributed by atoms with Gasteiger partial charge in [-0.3, -0.25) is 0 Å². The maximum Gasteiger partial charge on any atom is 0.115 e. The molecule has 1 aliphatic carbocycles. The summed E-state index contributed by atoms with van der Waals surface area (Å²) in [5, 5.41) is 10.5. The summed E-state index contributed by atoms with van der Waals surface area (Å²) < 4.78 is 0. The molecule has 0 radical (unpaired) electrons. The average Bonchev–Trinajstić information content (AvgIpc) is 3.04. The van der Waals surface area contributed by atoms with E-state index in [2.05, 4.69) is 47.4 Å². The smallest absolute Gasteiger partial charge is 0.115 e. The molecule has 31 heavy (non-hydrogen) atoms. The summed E-state index contributed by atoms with van der Waals surface area (Å²) in [4.78, 5) is 2.11. The minimum atomic E-state index is -0.600. The van der Waals surface area contributed by atoms with Gasteiger partial charge in [0.05, 0.1) is 5.41 Å². The predicted molar refractivity (Wildman–Crippen MR) is 129 cm³/mol. The van der Waals surface area contributed by atoms with E-state index in [0.29, 0.717) is 11.4 Å². The van der Waals surface area contributed by atoms with E-state index in [1.165, 1.54) is 5.56 Å². The summed E-state index contributed by atoms with van der Waals surface area (Å²) in [5.41, 5.74) is 20.7. The number of anilines is 3. The van der Waals surface area contributed by atoms with Crippen LogP contribution in [0.4, 0.5) is 17.1 Å². The first-order valence-corrected chi connectivity index (χ1v) is 10.3. The molecule has 5 rings (SSSR count). The minimum Gasteiger partial charge on any atom is -0.508 e. The summed E-state index contributed by atoms with van der Waals surface area (Å²) >= 11 is 0. The van der Waals surface area contributed by atoms with E-state index >= 15 is 0 Å². The van der Waals surface area contributed by atoms with Gasteiger partial charge in [-0.25, -0.2) is 0 Å². The SMILES string of the molecule is CN(C)c1ccc2c(c1)C(c1ccc(N)cc1)(c1ccc(N)cc1)c1cc(O)ccc1-2. The third-order valence-corrected chi connectivity index (χ3v) is 6.31. The van der Waals surface area contributed by atoms with Crippen LogP contribution in [-0.2, 0) is 5.41 Å². The lowest BCUT2D eigenvalue weighted by Crippen LogP contribution is -2.29. The van der Waals surface area contributed by atoms with Gasteiger partial charge in [0, 0.05) is 31.2 Å². The van der Waals surface area contributed by atoms with Crippen LogP contribution in [0.2, 0.25) is 0 Å². The summed E-state index contributed by atoms with van der Waals surface area (Å²) in [6.45, 7) is 0. The number of benzene rings is 4. The van der Waals surface area contributed by atoms with Crippen LogP contribution < -0.4 is 16.4 Å². The molecule has 5 N–H and O–H groups in total. The minimum absolute atomic E-state index is 0.245. The van der Waals surface area contributed by atoms with E-state index < -0.39 is 5.41 Å². The number of nitrogen functional groups attached to an aromatic ring is 2. The van der Waals surface area contributed by atoms with Crippen molar-refractivity contribution in [3.63, 3.8) is 0 Å². The molecule has 154 valence electrons. The molecule has 0 saturated heterocycles. The van der Waals surface area contributed by atoms with Crippen LogP contribution in [0.5, 0.6) is 5.75 Å². The van der Waals surface area contributed by atoms with Gasteiger partial charge in [-0.15, -0.1) is 0 Å². The molecule has 4 aromatic rings. The van der Waals surface area contributed by atoms with Gasteiger partial charge in [0.15, 0.2) is 0 Å². The van der Waals surface area contributed by atoms with Crippen molar-refractivity contribution < 1.29 is 5.11 Å². The third kappa shape index (κ3) is 2.76. The Bertz CT molecular complexity index is 1230. The van der Waals surface area contributed by atoms with Crippen molar-refractivity contribution in [2.45, 2.75) is 5.41 Å². The topological polar surface area (TPSA) is 75.5 Å². The number of rotatable bonds is 3. The van der Waals surface area contributed by atoms with E-state index in [1.807, 2.05) is 50.5 Å². The van der Waals surface area contributed by atoms with Gasteiger partial charge in [-0.1, -0.05) is 36.4 Å². The number of phenols is 1. The number of nitrogens with two attached hydrogens (primary N) is 2. The fourth-order valence-corrected chi connectivity index (χ4v) is 4.83. The van der Waals surface area contributed by atoms with Crippen LogP contribution in [0.15, 0.2) is 84.9 Å². The lowest BCUT2D eigenvalue weighted by molar-refractivity contribution is 0.474. The Morgan fingerprint density at radius 3 is 1.65 bits per heavy atom. The molecule has 0 fully saturated rings. The van der Waals surface area contributed by atoms with Crippen molar-refractivity contribution in [3.8, 4) is 16.9 Å². The molecule has 4 aromatic carbocycles. The molecule has 0 unspecified atom stereocenters.